The second-order valence-corrected chi connectivity index (χ2v) is 6.25. The third kappa shape index (κ3) is 1.93. The number of aryl methyl sites for hydroxylation is 1. The second kappa shape index (κ2) is 3.97. The zero-order valence-corrected chi connectivity index (χ0v) is 9.46. The molecule has 0 saturated carbocycles. The molecular formula is C12H15O2S. The van der Waals surface area contributed by atoms with E-state index in [0.717, 1.165) is 18.4 Å². The fraction of sp³-hybridized carbons (Fsp3) is 0.417. The van der Waals surface area contributed by atoms with Crippen LogP contribution in [0.5, 0.6) is 0 Å². The second-order valence-electron chi connectivity index (χ2n) is 3.95. The molecule has 0 fully saturated rings. The Labute approximate surface area is 91.2 Å². The molecular weight excluding hydrogens is 208 g/mol. The van der Waals surface area contributed by atoms with Gasteiger partial charge in [0.2, 0.25) is 0 Å². The van der Waals surface area contributed by atoms with Crippen molar-refractivity contribution in [3.8, 4) is 0 Å². The Morgan fingerprint density at radius 1 is 1.33 bits per heavy atom. The van der Waals surface area contributed by atoms with Gasteiger partial charge in [0.1, 0.15) is 0 Å². The molecule has 0 amide bonds. The SMILES string of the molecule is [CH2]CCS(=O)(=O)C1CCc2ccccc21. The highest BCUT2D eigenvalue weighted by Gasteiger charge is 2.32. The summed E-state index contributed by atoms with van der Waals surface area (Å²) < 4.78 is 23.9. The van der Waals surface area contributed by atoms with Crippen LogP contribution < -0.4 is 0 Å². The van der Waals surface area contributed by atoms with Gasteiger partial charge in [-0.15, -0.1) is 0 Å². The predicted octanol–water partition coefficient (Wildman–Crippen LogP) is 2.31. The molecule has 15 heavy (non-hydrogen) atoms. The third-order valence-electron chi connectivity index (χ3n) is 2.94. The summed E-state index contributed by atoms with van der Waals surface area (Å²) >= 11 is 0. The molecule has 1 aliphatic rings. The highest BCUT2D eigenvalue weighted by molar-refractivity contribution is 7.91. The van der Waals surface area contributed by atoms with Crippen molar-refractivity contribution in [1.82, 2.24) is 0 Å². The lowest BCUT2D eigenvalue weighted by Gasteiger charge is -2.11. The van der Waals surface area contributed by atoms with Crippen molar-refractivity contribution in [2.45, 2.75) is 24.5 Å². The molecule has 0 saturated heterocycles. The molecule has 0 spiro atoms. The number of hydrogen-bond acceptors (Lipinski definition) is 2. The van der Waals surface area contributed by atoms with Gasteiger partial charge in [-0.3, -0.25) is 0 Å². The first-order valence-corrected chi connectivity index (χ1v) is 6.95. The summed E-state index contributed by atoms with van der Waals surface area (Å²) in [6, 6.07) is 7.84. The van der Waals surface area contributed by atoms with Gasteiger partial charge in [-0.05, 0) is 30.4 Å². The lowest BCUT2D eigenvalue weighted by molar-refractivity contribution is 0.580. The summed E-state index contributed by atoms with van der Waals surface area (Å²) in [6.45, 7) is 3.62. The van der Waals surface area contributed by atoms with Crippen molar-refractivity contribution < 1.29 is 8.42 Å². The molecule has 1 aromatic carbocycles. The van der Waals surface area contributed by atoms with E-state index in [1.807, 2.05) is 24.3 Å². The highest BCUT2D eigenvalue weighted by Crippen LogP contribution is 2.37. The van der Waals surface area contributed by atoms with Gasteiger partial charge in [-0.1, -0.05) is 31.2 Å². The first-order chi connectivity index (χ1) is 7.15. The van der Waals surface area contributed by atoms with E-state index in [0.29, 0.717) is 6.42 Å². The van der Waals surface area contributed by atoms with Crippen LogP contribution in [0.25, 0.3) is 0 Å². The van der Waals surface area contributed by atoms with Crippen LogP contribution in [0.3, 0.4) is 0 Å². The molecule has 1 aliphatic carbocycles. The molecule has 1 unspecified atom stereocenters. The standard InChI is InChI=1S/C12H15O2S/c1-2-9-15(13,14)12-8-7-10-5-3-4-6-11(10)12/h3-6,12H,1-2,7-9H2. The first kappa shape index (κ1) is 10.7. The smallest absolute Gasteiger partial charge is 0.157 e. The third-order valence-corrected chi connectivity index (χ3v) is 5.15. The summed E-state index contributed by atoms with van der Waals surface area (Å²) in [5.41, 5.74) is 2.20. The Hall–Kier alpha value is -0.830. The van der Waals surface area contributed by atoms with Crippen LogP contribution in [0.2, 0.25) is 0 Å². The largest absolute Gasteiger partial charge is 0.228 e. The Balaban J connectivity index is 2.36. The molecule has 2 nitrogen and oxygen atoms in total. The molecule has 1 radical (unpaired) electrons. The minimum Gasteiger partial charge on any atom is -0.228 e. The zero-order valence-electron chi connectivity index (χ0n) is 8.65. The average Bonchev–Trinajstić information content (AvgIpc) is 2.61. The van der Waals surface area contributed by atoms with E-state index < -0.39 is 9.84 Å². The Kier molecular flexibility index (Phi) is 2.83. The van der Waals surface area contributed by atoms with Gasteiger partial charge in [0.05, 0.1) is 11.0 Å². The van der Waals surface area contributed by atoms with Crippen LogP contribution >= 0.6 is 0 Å². The summed E-state index contributed by atoms with van der Waals surface area (Å²) in [7, 11) is -2.99. The quantitative estimate of drug-likeness (QED) is 0.788. The van der Waals surface area contributed by atoms with Gasteiger partial charge in [-0.25, -0.2) is 8.42 Å². The fourth-order valence-electron chi connectivity index (χ4n) is 2.23. The Bertz CT molecular complexity index is 448. The monoisotopic (exact) mass is 223 g/mol. The maximum absolute atomic E-state index is 12.0. The lowest BCUT2D eigenvalue weighted by Crippen LogP contribution is -2.14. The van der Waals surface area contributed by atoms with Crippen molar-refractivity contribution in [1.29, 1.82) is 0 Å². The maximum Gasteiger partial charge on any atom is 0.157 e. The molecule has 0 N–H and O–H groups in total. The number of sulfone groups is 1. The van der Waals surface area contributed by atoms with Crippen LogP contribution in [0.15, 0.2) is 24.3 Å². The van der Waals surface area contributed by atoms with Gasteiger partial charge in [0.15, 0.2) is 9.84 Å². The van der Waals surface area contributed by atoms with E-state index in [-0.39, 0.29) is 11.0 Å². The van der Waals surface area contributed by atoms with E-state index in [9.17, 15) is 8.42 Å². The first-order valence-electron chi connectivity index (χ1n) is 5.24. The Morgan fingerprint density at radius 2 is 2.07 bits per heavy atom. The molecule has 3 heteroatoms. The van der Waals surface area contributed by atoms with E-state index in [1.54, 1.807) is 0 Å². The van der Waals surface area contributed by atoms with E-state index >= 15 is 0 Å². The maximum atomic E-state index is 12.0. The van der Waals surface area contributed by atoms with Gasteiger partial charge in [-0.2, -0.15) is 0 Å². The predicted molar refractivity (Wildman–Crippen MR) is 61.3 cm³/mol. The van der Waals surface area contributed by atoms with Crippen LogP contribution in [0.1, 0.15) is 29.2 Å². The van der Waals surface area contributed by atoms with E-state index in [1.165, 1.54) is 5.56 Å². The normalized spacial score (nSPS) is 20.2. The Morgan fingerprint density at radius 3 is 2.80 bits per heavy atom. The van der Waals surface area contributed by atoms with Gasteiger partial charge < -0.3 is 0 Å². The van der Waals surface area contributed by atoms with Crippen LogP contribution in [-0.2, 0) is 16.3 Å². The van der Waals surface area contributed by atoms with E-state index in [4.69, 9.17) is 0 Å². The number of rotatable bonds is 3. The minimum atomic E-state index is -2.99. The minimum absolute atomic E-state index is 0.200. The molecule has 81 valence electrons. The molecule has 0 aromatic heterocycles. The summed E-state index contributed by atoms with van der Waals surface area (Å²) in [4.78, 5) is 0. The lowest BCUT2D eigenvalue weighted by atomic mass is 10.1. The van der Waals surface area contributed by atoms with Crippen molar-refractivity contribution in [2.75, 3.05) is 5.75 Å². The van der Waals surface area contributed by atoms with Crippen LogP contribution in [0, 0.1) is 6.92 Å². The van der Waals surface area contributed by atoms with Crippen LogP contribution in [-0.4, -0.2) is 14.2 Å². The molecule has 1 aromatic rings. The van der Waals surface area contributed by atoms with Crippen molar-refractivity contribution in [2.24, 2.45) is 0 Å². The molecule has 0 heterocycles. The summed E-state index contributed by atoms with van der Waals surface area (Å²) in [5.74, 6) is 0.200. The zero-order chi connectivity index (χ0) is 10.9. The number of hydrogen-bond donors (Lipinski definition) is 0. The average molecular weight is 223 g/mol. The summed E-state index contributed by atoms with van der Waals surface area (Å²) in [6.07, 6.45) is 2.08. The van der Waals surface area contributed by atoms with Crippen molar-refractivity contribution in [3.63, 3.8) is 0 Å². The number of benzene rings is 1. The van der Waals surface area contributed by atoms with E-state index in [2.05, 4.69) is 6.92 Å². The van der Waals surface area contributed by atoms with Gasteiger partial charge in [0.25, 0.3) is 0 Å². The summed E-state index contributed by atoms with van der Waals surface area (Å²) in [5, 5.41) is -0.282. The number of fused-ring (bicyclic) bond motifs is 1. The molecule has 0 aliphatic heterocycles. The molecule has 2 rings (SSSR count). The highest BCUT2D eigenvalue weighted by atomic mass is 32.2. The topological polar surface area (TPSA) is 34.1 Å². The van der Waals surface area contributed by atoms with Gasteiger partial charge >= 0.3 is 0 Å². The molecule has 0 bridgehead atoms. The van der Waals surface area contributed by atoms with Crippen LogP contribution in [0.4, 0.5) is 0 Å². The fourth-order valence-corrected chi connectivity index (χ4v) is 4.02. The van der Waals surface area contributed by atoms with Crippen molar-refractivity contribution in [3.05, 3.63) is 42.3 Å². The van der Waals surface area contributed by atoms with Crippen molar-refractivity contribution >= 4 is 9.84 Å². The van der Waals surface area contributed by atoms with Gasteiger partial charge in [0, 0.05) is 0 Å². The molecule has 1 atom stereocenters.